The molecular formula is C27H30O15. The summed E-state index contributed by atoms with van der Waals surface area (Å²) in [6.07, 6.45) is -14.3. The number of hydrogen-bond donors (Lipinski definition) is 9. The van der Waals surface area contributed by atoms with E-state index in [2.05, 4.69) is 0 Å². The first kappa shape index (κ1) is 30.0. The fourth-order valence-electron chi connectivity index (χ4n) is 4.76. The minimum absolute atomic E-state index is 0.117. The summed E-state index contributed by atoms with van der Waals surface area (Å²) in [4.78, 5) is 12.9. The minimum atomic E-state index is -1.64. The van der Waals surface area contributed by atoms with Crippen LogP contribution in [0.5, 0.6) is 23.0 Å². The highest BCUT2D eigenvalue weighted by Crippen LogP contribution is 2.37. The first-order valence-corrected chi connectivity index (χ1v) is 12.9. The van der Waals surface area contributed by atoms with Gasteiger partial charge in [-0.25, -0.2) is 0 Å². The molecule has 0 radical (unpaired) electrons. The maximum absolute atomic E-state index is 12.9. The zero-order valence-corrected chi connectivity index (χ0v) is 21.9. The maximum Gasteiger partial charge on any atom is 0.238 e. The monoisotopic (exact) mass is 594 g/mol. The van der Waals surface area contributed by atoms with Crippen molar-refractivity contribution in [3.05, 3.63) is 46.6 Å². The van der Waals surface area contributed by atoms with Crippen LogP contribution >= 0.6 is 0 Å². The first-order chi connectivity index (χ1) is 19.9. The third-order valence-electron chi connectivity index (χ3n) is 7.20. The predicted octanol–water partition coefficient (Wildman–Crippen LogP) is -1.74. The van der Waals surface area contributed by atoms with E-state index in [-0.39, 0.29) is 33.8 Å². The molecule has 1 aromatic heterocycles. The van der Waals surface area contributed by atoms with Gasteiger partial charge >= 0.3 is 0 Å². The van der Waals surface area contributed by atoms with Crippen LogP contribution in [-0.4, -0.2) is 114 Å². The number of hydrogen-bond acceptors (Lipinski definition) is 15. The van der Waals surface area contributed by atoms with Crippen LogP contribution in [-0.2, 0) is 9.47 Å². The van der Waals surface area contributed by atoms with Gasteiger partial charge in [-0.3, -0.25) is 4.79 Å². The molecule has 2 saturated heterocycles. The minimum Gasteiger partial charge on any atom is -0.507 e. The molecular weight excluding hydrogens is 564 g/mol. The molecule has 15 nitrogen and oxygen atoms in total. The average Bonchev–Trinajstić information content (AvgIpc) is 2.97. The van der Waals surface area contributed by atoms with Gasteiger partial charge in [0.25, 0.3) is 0 Å². The van der Waals surface area contributed by atoms with E-state index in [1.807, 2.05) is 0 Å². The Bertz CT molecular complexity index is 1470. The van der Waals surface area contributed by atoms with Gasteiger partial charge in [-0.05, 0) is 31.2 Å². The van der Waals surface area contributed by atoms with Crippen LogP contribution in [0.4, 0.5) is 0 Å². The highest BCUT2D eigenvalue weighted by atomic mass is 16.7. The smallest absolute Gasteiger partial charge is 0.238 e. The van der Waals surface area contributed by atoms with Crippen LogP contribution in [0.3, 0.4) is 0 Å². The number of phenols is 1. The van der Waals surface area contributed by atoms with Crippen LogP contribution in [0.15, 0.2) is 45.6 Å². The van der Waals surface area contributed by atoms with Gasteiger partial charge in [0.2, 0.25) is 23.8 Å². The zero-order valence-electron chi connectivity index (χ0n) is 21.9. The fraction of sp³-hybridized carbons (Fsp3) is 0.444. The highest BCUT2D eigenvalue weighted by Gasteiger charge is 2.45. The molecule has 0 amide bonds. The largest absolute Gasteiger partial charge is 0.507 e. The Morgan fingerprint density at radius 3 is 2.00 bits per heavy atom. The summed E-state index contributed by atoms with van der Waals surface area (Å²) < 4.78 is 27.6. The van der Waals surface area contributed by atoms with Crippen LogP contribution in [0.2, 0.25) is 0 Å². The van der Waals surface area contributed by atoms with E-state index >= 15 is 0 Å². The molecule has 0 unspecified atom stereocenters. The topological polar surface area (TPSA) is 249 Å². The van der Waals surface area contributed by atoms with Crippen molar-refractivity contribution in [1.82, 2.24) is 0 Å². The Hall–Kier alpha value is -3.51. The number of aliphatic hydroxyl groups excluding tert-OH is 7. The van der Waals surface area contributed by atoms with Gasteiger partial charge in [0.05, 0.1) is 12.7 Å². The van der Waals surface area contributed by atoms with Crippen molar-refractivity contribution in [1.29, 1.82) is 0 Å². The van der Waals surface area contributed by atoms with Gasteiger partial charge in [0.15, 0.2) is 5.76 Å². The van der Waals surface area contributed by atoms with Crippen molar-refractivity contribution >= 4 is 11.0 Å². The van der Waals surface area contributed by atoms with Crippen LogP contribution in [0, 0.1) is 0 Å². The lowest BCUT2D eigenvalue weighted by Gasteiger charge is -2.39. The van der Waals surface area contributed by atoms with Crippen LogP contribution < -0.4 is 14.9 Å². The molecule has 10 atom stereocenters. The first-order valence-electron chi connectivity index (χ1n) is 12.9. The van der Waals surface area contributed by atoms with E-state index < -0.39 is 84.9 Å². The SMILES string of the molecule is C[C@@H]1O[C@@H](Oc2cc(O)c3c(=O)c(O)c(-c4ccc(O[C@@H]5O[C@H](CO)[C@@H](O)[C@H](O)[C@H]5O)cc4)oc3c2)[C@H](O)[C@H](O)[C@H]1O. The number of benzene rings is 2. The summed E-state index contributed by atoms with van der Waals surface area (Å²) in [6.45, 7) is 0.826. The predicted molar refractivity (Wildman–Crippen MR) is 139 cm³/mol. The molecule has 228 valence electrons. The molecule has 2 aliphatic heterocycles. The molecule has 0 spiro atoms. The summed E-state index contributed by atoms with van der Waals surface area (Å²) in [7, 11) is 0. The standard InChI is InChI=1S/C27H30O15/c1-9-17(30)20(33)23(36)26(38-9)40-12-6-13(29)16-14(7-12)41-25(22(35)19(16)32)10-2-4-11(5-3-10)39-27-24(37)21(34)18(31)15(8-28)42-27/h2-7,9,15,17-18,20-21,23-24,26-31,33-37H,8H2,1H3/t9-,15+,17-,18+,20+,21-,23+,24+,26-,27+/m0/s1. The van der Waals surface area contributed by atoms with Crippen molar-refractivity contribution in [2.45, 2.75) is 68.3 Å². The molecule has 0 aliphatic carbocycles. The average molecular weight is 595 g/mol. The second-order valence-corrected chi connectivity index (χ2v) is 10.1. The number of fused-ring (bicyclic) bond motifs is 1. The third-order valence-corrected chi connectivity index (χ3v) is 7.20. The van der Waals surface area contributed by atoms with Gasteiger partial charge < -0.3 is 69.3 Å². The number of ether oxygens (including phenoxy) is 4. The second kappa shape index (κ2) is 11.6. The van der Waals surface area contributed by atoms with Crippen molar-refractivity contribution in [2.24, 2.45) is 0 Å². The number of aliphatic hydroxyl groups is 7. The Balaban J connectivity index is 1.41. The van der Waals surface area contributed by atoms with Crippen LogP contribution in [0.25, 0.3) is 22.3 Å². The lowest BCUT2D eigenvalue weighted by atomic mass is 9.99. The normalized spacial score (nSPS) is 33.4. The summed E-state index contributed by atoms with van der Waals surface area (Å²) in [5.74, 6) is -1.72. The van der Waals surface area contributed by atoms with Gasteiger partial charge in [-0.2, -0.15) is 0 Å². The van der Waals surface area contributed by atoms with Gasteiger partial charge in [0, 0.05) is 17.7 Å². The van der Waals surface area contributed by atoms with E-state index in [4.69, 9.17) is 23.4 Å². The van der Waals surface area contributed by atoms with Crippen molar-refractivity contribution < 1.29 is 69.3 Å². The van der Waals surface area contributed by atoms with Gasteiger partial charge in [-0.15, -0.1) is 0 Å². The molecule has 0 saturated carbocycles. The molecule has 2 aliphatic rings. The summed E-state index contributed by atoms with van der Waals surface area (Å²) in [5.41, 5.74) is -0.975. The third kappa shape index (κ3) is 5.37. The fourth-order valence-corrected chi connectivity index (χ4v) is 4.76. The van der Waals surface area contributed by atoms with Gasteiger partial charge in [-0.1, -0.05) is 0 Å². The lowest BCUT2D eigenvalue weighted by Crippen LogP contribution is -2.60. The quantitative estimate of drug-likeness (QED) is 0.154. The van der Waals surface area contributed by atoms with E-state index in [1.165, 1.54) is 37.3 Å². The molecule has 2 fully saturated rings. The molecule has 15 heteroatoms. The van der Waals surface area contributed by atoms with Crippen molar-refractivity contribution in [3.63, 3.8) is 0 Å². The number of rotatable bonds is 6. The van der Waals surface area contributed by atoms with Crippen LogP contribution in [0.1, 0.15) is 6.92 Å². The summed E-state index contributed by atoms with van der Waals surface area (Å²) in [5, 5.41) is 90.3. The van der Waals surface area contributed by atoms with E-state index in [1.54, 1.807) is 0 Å². The molecule has 0 bridgehead atoms. The Morgan fingerprint density at radius 1 is 0.762 bits per heavy atom. The summed E-state index contributed by atoms with van der Waals surface area (Å²) >= 11 is 0. The van der Waals surface area contributed by atoms with Crippen molar-refractivity contribution in [3.8, 4) is 34.3 Å². The van der Waals surface area contributed by atoms with E-state index in [0.717, 1.165) is 6.07 Å². The Morgan fingerprint density at radius 2 is 1.36 bits per heavy atom. The second-order valence-electron chi connectivity index (χ2n) is 10.1. The Kier molecular flexibility index (Phi) is 8.30. The zero-order chi connectivity index (χ0) is 30.5. The van der Waals surface area contributed by atoms with E-state index in [0.29, 0.717) is 0 Å². The molecule has 9 N–H and O–H groups in total. The molecule has 3 heterocycles. The maximum atomic E-state index is 12.9. The summed E-state index contributed by atoms with van der Waals surface area (Å²) in [6, 6.07) is 7.77. The van der Waals surface area contributed by atoms with Crippen molar-refractivity contribution in [2.75, 3.05) is 6.61 Å². The van der Waals surface area contributed by atoms with Gasteiger partial charge in [0.1, 0.15) is 70.9 Å². The lowest BCUT2D eigenvalue weighted by molar-refractivity contribution is -0.277. The number of phenolic OH excluding ortho intramolecular Hbond substituents is 1. The highest BCUT2D eigenvalue weighted by molar-refractivity contribution is 5.88. The molecule has 2 aromatic carbocycles. The Labute approximate surface area is 236 Å². The molecule has 3 aromatic rings. The van der Waals surface area contributed by atoms with E-state index in [9.17, 15) is 50.8 Å². The molecule has 5 rings (SSSR count). The number of aromatic hydroxyl groups is 2. The molecule has 42 heavy (non-hydrogen) atoms.